The van der Waals surface area contributed by atoms with Gasteiger partial charge in [-0.3, -0.25) is 0 Å². The van der Waals surface area contributed by atoms with Gasteiger partial charge in [-0.25, -0.2) is 0 Å². The minimum Gasteiger partial charge on any atom is -0.331 e. The molecule has 2 aromatic rings. The molecule has 1 heterocycles. The summed E-state index contributed by atoms with van der Waals surface area (Å²) in [5.74, 6) is 0. The maximum Gasteiger partial charge on any atom is 0.178 e. The highest BCUT2D eigenvalue weighted by atomic mass is 79.9. The molecule has 0 saturated heterocycles. The van der Waals surface area contributed by atoms with Crippen LogP contribution in [0.4, 0.5) is 0 Å². The molecule has 2 rings (SSSR count). The predicted molar refractivity (Wildman–Crippen MR) is 69.7 cm³/mol. The number of unbranched alkanes of at least 4 members (excludes halogenated alkanes) is 1. The van der Waals surface area contributed by atoms with Gasteiger partial charge in [-0.1, -0.05) is 29.3 Å². The van der Waals surface area contributed by atoms with E-state index < -0.39 is 0 Å². The van der Waals surface area contributed by atoms with E-state index in [1.54, 1.807) is 0 Å². The van der Waals surface area contributed by atoms with E-state index in [-0.39, 0.29) is 0 Å². The van der Waals surface area contributed by atoms with Crippen molar-refractivity contribution in [3.63, 3.8) is 0 Å². The number of imidazole rings is 1. The van der Waals surface area contributed by atoms with Gasteiger partial charge in [-0.05, 0) is 36.8 Å². The number of aromatic nitrogens is 2. The summed E-state index contributed by atoms with van der Waals surface area (Å²) in [6.45, 7) is 3.18. The van der Waals surface area contributed by atoms with Gasteiger partial charge >= 0.3 is 0 Å². The monoisotopic (exact) mass is 284 g/mol. The maximum atomic E-state index is 5.30. The minimum absolute atomic E-state index is 0.816. The Bertz CT molecular complexity index is 527. The molecule has 15 heavy (non-hydrogen) atoms. The SMILES string of the molecule is CCCCn1c(=S)[nH]c2ccc(Br)cc21. The quantitative estimate of drug-likeness (QED) is 0.836. The van der Waals surface area contributed by atoms with Crippen molar-refractivity contribution in [1.29, 1.82) is 0 Å². The van der Waals surface area contributed by atoms with Crippen LogP contribution in [0.5, 0.6) is 0 Å². The second-order valence-corrected chi connectivity index (χ2v) is 4.90. The zero-order valence-corrected chi connectivity index (χ0v) is 11.0. The molecule has 0 aliphatic heterocycles. The molecule has 0 atom stereocenters. The highest BCUT2D eigenvalue weighted by Crippen LogP contribution is 2.20. The molecule has 0 bridgehead atoms. The van der Waals surface area contributed by atoms with Crippen LogP contribution in [0.3, 0.4) is 0 Å². The molecule has 0 unspecified atom stereocenters. The van der Waals surface area contributed by atoms with Crippen molar-refractivity contribution in [1.82, 2.24) is 9.55 Å². The number of hydrogen-bond acceptors (Lipinski definition) is 1. The second-order valence-electron chi connectivity index (χ2n) is 3.60. The lowest BCUT2D eigenvalue weighted by atomic mass is 10.3. The number of hydrogen-bond donors (Lipinski definition) is 1. The van der Waals surface area contributed by atoms with Crippen molar-refractivity contribution >= 4 is 39.2 Å². The first-order valence-electron chi connectivity index (χ1n) is 5.10. The minimum atomic E-state index is 0.816. The molecule has 4 heteroatoms. The number of fused-ring (bicyclic) bond motifs is 1. The Morgan fingerprint density at radius 3 is 3.00 bits per heavy atom. The molecule has 0 spiro atoms. The lowest BCUT2D eigenvalue weighted by molar-refractivity contribution is 0.639. The van der Waals surface area contributed by atoms with E-state index in [1.807, 2.05) is 6.07 Å². The number of H-pyrrole nitrogens is 1. The highest BCUT2D eigenvalue weighted by Gasteiger charge is 2.03. The number of nitrogens with one attached hydrogen (secondary N) is 1. The Hall–Kier alpha value is -0.610. The lowest BCUT2D eigenvalue weighted by Gasteiger charge is -2.02. The number of rotatable bonds is 3. The summed E-state index contributed by atoms with van der Waals surface area (Å²) in [6, 6.07) is 6.19. The van der Waals surface area contributed by atoms with Crippen LogP contribution < -0.4 is 0 Å². The van der Waals surface area contributed by atoms with Gasteiger partial charge in [0.05, 0.1) is 11.0 Å². The molecular weight excluding hydrogens is 272 g/mol. The summed E-state index contributed by atoms with van der Waals surface area (Å²) in [6.07, 6.45) is 2.34. The average molecular weight is 285 g/mol. The third kappa shape index (κ3) is 2.16. The number of benzene rings is 1. The van der Waals surface area contributed by atoms with Gasteiger partial charge in [-0.15, -0.1) is 0 Å². The van der Waals surface area contributed by atoms with E-state index in [9.17, 15) is 0 Å². The van der Waals surface area contributed by atoms with E-state index in [1.165, 1.54) is 11.9 Å². The molecule has 0 aliphatic rings. The zero-order valence-electron chi connectivity index (χ0n) is 8.59. The van der Waals surface area contributed by atoms with Crippen molar-refractivity contribution in [2.24, 2.45) is 0 Å². The summed E-state index contributed by atoms with van der Waals surface area (Å²) in [5.41, 5.74) is 2.29. The fourth-order valence-corrected chi connectivity index (χ4v) is 2.31. The molecule has 0 radical (unpaired) electrons. The molecule has 0 fully saturated rings. The first kappa shape index (κ1) is 10.9. The summed E-state index contributed by atoms with van der Waals surface area (Å²) in [4.78, 5) is 3.22. The largest absolute Gasteiger partial charge is 0.331 e. The predicted octanol–water partition coefficient (Wildman–Crippen LogP) is 4.26. The van der Waals surface area contributed by atoms with Gasteiger partial charge in [0.25, 0.3) is 0 Å². The Morgan fingerprint density at radius 2 is 2.27 bits per heavy atom. The normalized spacial score (nSPS) is 11.1. The molecule has 0 aliphatic carbocycles. The Balaban J connectivity index is 2.55. The summed E-state index contributed by atoms with van der Waals surface area (Å²) in [5, 5.41) is 0. The maximum absolute atomic E-state index is 5.30. The summed E-state index contributed by atoms with van der Waals surface area (Å²) in [7, 11) is 0. The van der Waals surface area contributed by atoms with Crippen LogP contribution in [0.15, 0.2) is 22.7 Å². The van der Waals surface area contributed by atoms with Crippen molar-refractivity contribution in [2.75, 3.05) is 0 Å². The Morgan fingerprint density at radius 1 is 1.47 bits per heavy atom. The molecule has 0 saturated carbocycles. The van der Waals surface area contributed by atoms with Gasteiger partial charge in [-0.2, -0.15) is 0 Å². The molecular formula is C11H13BrN2S. The van der Waals surface area contributed by atoms with Crippen LogP contribution in [0.1, 0.15) is 19.8 Å². The lowest BCUT2D eigenvalue weighted by Crippen LogP contribution is -1.96. The van der Waals surface area contributed by atoms with Gasteiger partial charge in [0.2, 0.25) is 0 Å². The molecule has 80 valence electrons. The van der Waals surface area contributed by atoms with Crippen LogP contribution in [0, 0.1) is 4.77 Å². The van der Waals surface area contributed by atoms with E-state index in [2.05, 4.69) is 44.5 Å². The van der Waals surface area contributed by atoms with Crippen molar-refractivity contribution in [2.45, 2.75) is 26.3 Å². The zero-order chi connectivity index (χ0) is 10.8. The summed E-state index contributed by atoms with van der Waals surface area (Å²) < 4.78 is 4.07. The van der Waals surface area contributed by atoms with Crippen molar-refractivity contribution in [3.8, 4) is 0 Å². The highest BCUT2D eigenvalue weighted by molar-refractivity contribution is 9.10. The van der Waals surface area contributed by atoms with Crippen LogP contribution in [0.2, 0.25) is 0 Å². The first-order chi connectivity index (χ1) is 7.22. The van der Waals surface area contributed by atoms with Crippen LogP contribution in [-0.2, 0) is 6.54 Å². The number of halogens is 1. The van der Waals surface area contributed by atoms with Crippen LogP contribution in [0.25, 0.3) is 11.0 Å². The molecule has 2 nitrogen and oxygen atoms in total. The molecule has 1 aromatic heterocycles. The first-order valence-corrected chi connectivity index (χ1v) is 6.30. The number of aromatic amines is 1. The van der Waals surface area contributed by atoms with E-state index in [4.69, 9.17) is 12.2 Å². The number of nitrogens with zero attached hydrogens (tertiary/aromatic N) is 1. The van der Waals surface area contributed by atoms with Crippen LogP contribution in [-0.4, -0.2) is 9.55 Å². The molecule has 0 amide bonds. The third-order valence-corrected chi connectivity index (χ3v) is 3.29. The summed E-state index contributed by atoms with van der Waals surface area (Å²) >= 11 is 8.78. The average Bonchev–Trinajstić information content (AvgIpc) is 2.51. The third-order valence-electron chi connectivity index (χ3n) is 2.47. The van der Waals surface area contributed by atoms with Crippen molar-refractivity contribution < 1.29 is 0 Å². The van der Waals surface area contributed by atoms with Gasteiger partial charge in [0.15, 0.2) is 4.77 Å². The van der Waals surface area contributed by atoms with Gasteiger partial charge in [0.1, 0.15) is 0 Å². The fourth-order valence-electron chi connectivity index (χ4n) is 1.66. The standard InChI is InChI=1S/C11H13BrN2S/c1-2-3-6-14-10-7-8(12)4-5-9(10)13-11(14)15/h4-5,7H,2-3,6H2,1H3,(H,13,15). The van der Waals surface area contributed by atoms with E-state index in [0.717, 1.165) is 27.7 Å². The number of aryl methyl sites for hydroxylation is 1. The van der Waals surface area contributed by atoms with E-state index in [0.29, 0.717) is 0 Å². The van der Waals surface area contributed by atoms with Gasteiger partial charge < -0.3 is 9.55 Å². The Kier molecular flexibility index (Phi) is 3.26. The smallest absolute Gasteiger partial charge is 0.178 e. The molecule has 1 N–H and O–H groups in total. The molecule has 1 aromatic carbocycles. The van der Waals surface area contributed by atoms with Crippen LogP contribution >= 0.6 is 28.1 Å². The Labute approximate surface area is 102 Å². The van der Waals surface area contributed by atoms with Crippen molar-refractivity contribution in [3.05, 3.63) is 27.4 Å². The fraction of sp³-hybridized carbons (Fsp3) is 0.364. The topological polar surface area (TPSA) is 20.7 Å². The van der Waals surface area contributed by atoms with Gasteiger partial charge in [0, 0.05) is 11.0 Å². The van der Waals surface area contributed by atoms with E-state index >= 15 is 0 Å². The second kappa shape index (κ2) is 4.49.